The first kappa shape index (κ1) is 13.4. The number of hydrogen-bond donors (Lipinski definition) is 2. The highest BCUT2D eigenvalue weighted by Gasteiger charge is 2.08. The van der Waals surface area contributed by atoms with Crippen LogP contribution in [0.4, 0.5) is 0 Å². The zero-order chi connectivity index (χ0) is 11.6. The number of amides is 1. The minimum absolute atomic E-state index is 0.0665. The molecule has 0 unspecified atom stereocenters. The summed E-state index contributed by atoms with van der Waals surface area (Å²) in [6.07, 6.45) is 4.84. The standard InChI is InChI=1S/C11H23N3O2/c12-13-11(15)5-2-1-3-6-14-7-4-9-16-10-8-14/h1-10,12H2,(H,13,15). The van der Waals surface area contributed by atoms with Gasteiger partial charge < -0.3 is 9.64 Å². The van der Waals surface area contributed by atoms with Gasteiger partial charge in [0.1, 0.15) is 0 Å². The van der Waals surface area contributed by atoms with Crippen molar-refractivity contribution < 1.29 is 9.53 Å². The summed E-state index contributed by atoms with van der Waals surface area (Å²) >= 11 is 0. The Labute approximate surface area is 97.3 Å². The number of hydrazine groups is 1. The number of carbonyl (C=O) groups is 1. The second-order valence-electron chi connectivity index (χ2n) is 4.19. The Morgan fingerprint density at radius 3 is 2.94 bits per heavy atom. The van der Waals surface area contributed by atoms with Crippen LogP contribution in [0.3, 0.4) is 0 Å². The van der Waals surface area contributed by atoms with Crippen LogP contribution in [0, 0.1) is 0 Å². The maximum absolute atomic E-state index is 10.9. The minimum atomic E-state index is -0.0665. The maximum atomic E-state index is 10.9. The summed E-state index contributed by atoms with van der Waals surface area (Å²) in [7, 11) is 0. The summed E-state index contributed by atoms with van der Waals surface area (Å²) in [5, 5.41) is 0. The molecule has 94 valence electrons. The topological polar surface area (TPSA) is 67.6 Å². The van der Waals surface area contributed by atoms with Crippen molar-refractivity contribution in [3.8, 4) is 0 Å². The Hall–Kier alpha value is -0.650. The number of ether oxygens (including phenoxy) is 1. The van der Waals surface area contributed by atoms with E-state index in [9.17, 15) is 4.79 Å². The van der Waals surface area contributed by atoms with E-state index >= 15 is 0 Å². The molecule has 0 radical (unpaired) electrons. The first-order chi connectivity index (χ1) is 7.83. The van der Waals surface area contributed by atoms with Crippen LogP contribution in [0.15, 0.2) is 0 Å². The van der Waals surface area contributed by atoms with E-state index < -0.39 is 0 Å². The second kappa shape index (κ2) is 8.50. The largest absolute Gasteiger partial charge is 0.380 e. The molecule has 5 nitrogen and oxygen atoms in total. The van der Waals surface area contributed by atoms with E-state index in [-0.39, 0.29) is 5.91 Å². The molecule has 1 aliphatic heterocycles. The smallest absolute Gasteiger partial charge is 0.233 e. The van der Waals surface area contributed by atoms with Gasteiger partial charge in [-0.05, 0) is 25.8 Å². The summed E-state index contributed by atoms with van der Waals surface area (Å²) in [6, 6.07) is 0. The first-order valence-electron chi connectivity index (χ1n) is 6.12. The molecular formula is C11H23N3O2. The fourth-order valence-corrected chi connectivity index (χ4v) is 1.89. The van der Waals surface area contributed by atoms with Gasteiger partial charge in [-0.2, -0.15) is 0 Å². The number of nitrogens with one attached hydrogen (secondary N) is 1. The van der Waals surface area contributed by atoms with Crippen molar-refractivity contribution in [3.63, 3.8) is 0 Å². The average molecular weight is 229 g/mol. The van der Waals surface area contributed by atoms with Gasteiger partial charge in [-0.1, -0.05) is 6.42 Å². The van der Waals surface area contributed by atoms with Gasteiger partial charge in [0.25, 0.3) is 0 Å². The van der Waals surface area contributed by atoms with Gasteiger partial charge in [-0.25, -0.2) is 5.84 Å². The number of unbranched alkanes of at least 4 members (excludes halogenated alkanes) is 2. The van der Waals surface area contributed by atoms with Crippen LogP contribution in [-0.2, 0) is 9.53 Å². The predicted molar refractivity (Wildman–Crippen MR) is 62.7 cm³/mol. The maximum Gasteiger partial charge on any atom is 0.233 e. The van der Waals surface area contributed by atoms with Crippen LogP contribution >= 0.6 is 0 Å². The van der Waals surface area contributed by atoms with Crippen molar-refractivity contribution >= 4 is 5.91 Å². The molecule has 1 aliphatic rings. The molecule has 1 saturated heterocycles. The highest BCUT2D eigenvalue weighted by Crippen LogP contribution is 2.04. The van der Waals surface area contributed by atoms with E-state index in [0.29, 0.717) is 6.42 Å². The van der Waals surface area contributed by atoms with Gasteiger partial charge in [0, 0.05) is 26.1 Å². The minimum Gasteiger partial charge on any atom is -0.380 e. The molecule has 0 spiro atoms. The molecule has 5 heteroatoms. The highest BCUT2D eigenvalue weighted by atomic mass is 16.5. The number of rotatable bonds is 6. The van der Waals surface area contributed by atoms with Crippen molar-refractivity contribution in [2.75, 3.05) is 32.8 Å². The number of carbonyl (C=O) groups excluding carboxylic acids is 1. The lowest BCUT2D eigenvalue weighted by molar-refractivity contribution is -0.121. The summed E-state index contributed by atoms with van der Waals surface area (Å²) in [4.78, 5) is 13.3. The van der Waals surface area contributed by atoms with E-state index in [1.807, 2.05) is 0 Å². The molecular weight excluding hydrogens is 206 g/mol. The van der Waals surface area contributed by atoms with Crippen LogP contribution in [0.2, 0.25) is 0 Å². The SMILES string of the molecule is NNC(=O)CCCCCN1CCCOCC1. The van der Waals surface area contributed by atoms with E-state index in [1.165, 1.54) is 0 Å². The summed E-state index contributed by atoms with van der Waals surface area (Å²) in [6.45, 7) is 5.06. The summed E-state index contributed by atoms with van der Waals surface area (Å²) < 4.78 is 5.39. The molecule has 0 saturated carbocycles. The van der Waals surface area contributed by atoms with Crippen LogP contribution < -0.4 is 11.3 Å². The quantitative estimate of drug-likeness (QED) is 0.297. The monoisotopic (exact) mass is 229 g/mol. The molecule has 0 aliphatic carbocycles. The normalized spacial score (nSPS) is 18.1. The zero-order valence-electron chi connectivity index (χ0n) is 9.91. The van der Waals surface area contributed by atoms with Gasteiger partial charge in [0.15, 0.2) is 0 Å². The molecule has 0 aromatic carbocycles. The summed E-state index contributed by atoms with van der Waals surface area (Å²) in [5.74, 6) is 4.93. The van der Waals surface area contributed by atoms with Crippen LogP contribution in [0.1, 0.15) is 32.1 Å². The number of nitrogens with zero attached hydrogens (tertiary/aromatic N) is 1. The third-order valence-corrected chi connectivity index (χ3v) is 2.85. The Morgan fingerprint density at radius 1 is 1.25 bits per heavy atom. The Morgan fingerprint density at radius 2 is 2.12 bits per heavy atom. The van der Waals surface area contributed by atoms with E-state index in [2.05, 4.69) is 10.3 Å². The van der Waals surface area contributed by atoms with Gasteiger partial charge in [0.2, 0.25) is 5.91 Å². The summed E-state index contributed by atoms with van der Waals surface area (Å²) in [5.41, 5.74) is 2.15. The molecule has 3 N–H and O–H groups in total. The van der Waals surface area contributed by atoms with Crippen LogP contribution in [0.25, 0.3) is 0 Å². The number of hydrogen-bond acceptors (Lipinski definition) is 4. The second-order valence-corrected chi connectivity index (χ2v) is 4.19. The Balaban J connectivity index is 1.95. The molecule has 1 rings (SSSR count). The van der Waals surface area contributed by atoms with E-state index in [4.69, 9.17) is 10.6 Å². The fraction of sp³-hybridized carbons (Fsp3) is 0.909. The van der Waals surface area contributed by atoms with E-state index in [0.717, 1.165) is 58.5 Å². The third-order valence-electron chi connectivity index (χ3n) is 2.85. The van der Waals surface area contributed by atoms with Crippen molar-refractivity contribution in [2.24, 2.45) is 5.84 Å². The molecule has 0 aromatic heterocycles. The fourth-order valence-electron chi connectivity index (χ4n) is 1.89. The van der Waals surface area contributed by atoms with Crippen molar-refractivity contribution in [3.05, 3.63) is 0 Å². The van der Waals surface area contributed by atoms with E-state index in [1.54, 1.807) is 0 Å². The lowest BCUT2D eigenvalue weighted by Gasteiger charge is -2.18. The Bertz CT molecular complexity index is 192. The lowest BCUT2D eigenvalue weighted by Crippen LogP contribution is -2.29. The number of nitrogens with two attached hydrogens (primary N) is 1. The molecule has 1 heterocycles. The zero-order valence-corrected chi connectivity index (χ0v) is 9.91. The molecule has 1 fully saturated rings. The van der Waals surface area contributed by atoms with Gasteiger partial charge in [-0.15, -0.1) is 0 Å². The highest BCUT2D eigenvalue weighted by molar-refractivity contribution is 5.74. The molecule has 0 bridgehead atoms. The van der Waals surface area contributed by atoms with Crippen molar-refractivity contribution in [2.45, 2.75) is 32.1 Å². The molecule has 0 atom stereocenters. The predicted octanol–water partition coefficient (Wildman–Crippen LogP) is 0.259. The molecule has 0 aromatic rings. The van der Waals surface area contributed by atoms with Gasteiger partial charge >= 0.3 is 0 Å². The van der Waals surface area contributed by atoms with Gasteiger partial charge in [0.05, 0.1) is 6.61 Å². The first-order valence-corrected chi connectivity index (χ1v) is 6.12. The van der Waals surface area contributed by atoms with Crippen molar-refractivity contribution in [1.29, 1.82) is 0 Å². The Kier molecular flexibility index (Phi) is 7.12. The van der Waals surface area contributed by atoms with Crippen LogP contribution in [-0.4, -0.2) is 43.7 Å². The van der Waals surface area contributed by atoms with Crippen LogP contribution in [0.5, 0.6) is 0 Å². The molecule has 1 amide bonds. The lowest BCUT2D eigenvalue weighted by atomic mass is 10.2. The van der Waals surface area contributed by atoms with Gasteiger partial charge in [-0.3, -0.25) is 10.2 Å². The molecule has 16 heavy (non-hydrogen) atoms. The van der Waals surface area contributed by atoms with Crippen molar-refractivity contribution in [1.82, 2.24) is 10.3 Å². The average Bonchev–Trinajstić information content (AvgIpc) is 2.57. The third kappa shape index (κ3) is 6.05.